The fourth-order valence-corrected chi connectivity index (χ4v) is 2.55. The Labute approximate surface area is 77.0 Å². The number of carbonyl (C=O) groups is 1. The lowest BCUT2D eigenvalue weighted by atomic mass is 9.94. The number of ether oxygens (including phenoxy) is 1. The first kappa shape index (κ1) is 9.86. The predicted molar refractivity (Wildman–Crippen MR) is 50.0 cm³/mol. The summed E-state index contributed by atoms with van der Waals surface area (Å²) in [6, 6.07) is -0.407. The molecule has 1 saturated heterocycles. The molecule has 1 heterocycles. The van der Waals surface area contributed by atoms with Crippen LogP contribution in [-0.2, 0) is 9.53 Å². The highest BCUT2D eigenvalue weighted by Gasteiger charge is 2.26. The minimum absolute atomic E-state index is 0.271. The van der Waals surface area contributed by atoms with Crippen LogP contribution in [0.1, 0.15) is 12.8 Å². The molecule has 0 aromatic heterocycles. The van der Waals surface area contributed by atoms with Crippen molar-refractivity contribution in [2.24, 2.45) is 11.7 Å². The predicted octanol–water partition coefficient (Wildman–Crippen LogP) is 0.630. The number of hydrogen-bond donors (Lipinski definition) is 1. The molecule has 2 N–H and O–H groups in total. The van der Waals surface area contributed by atoms with Crippen molar-refractivity contribution in [3.63, 3.8) is 0 Å². The average molecular weight is 189 g/mol. The minimum atomic E-state index is -0.407. The van der Waals surface area contributed by atoms with Crippen LogP contribution < -0.4 is 5.73 Å². The number of esters is 1. The van der Waals surface area contributed by atoms with E-state index in [1.165, 1.54) is 7.11 Å². The van der Waals surface area contributed by atoms with Crippen molar-refractivity contribution in [2.45, 2.75) is 18.9 Å². The highest BCUT2D eigenvalue weighted by atomic mass is 32.2. The monoisotopic (exact) mass is 189 g/mol. The van der Waals surface area contributed by atoms with Crippen LogP contribution in [0.3, 0.4) is 0 Å². The molecule has 3 nitrogen and oxygen atoms in total. The van der Waals surface area contributed by atoms with Crippen LogP contribution in [0.25, 0.3) is 0 Å². The molecule has 0 radical (unpaired) electrons. The molecule has 1 aliphatic rings. The molecule has 1 aliphatic heterocycles. The normalized spacial score (nSPS) is 21.8. The molecule has 70 valence electrons. The number of thioether (sulfide) groups is 1. The Morgan fingerprint density at radius 3 is 2.67 bits per heavy atom. The summed E-state index contributed by atoms with van der Waals surface area (Å²) in [4.78, 5) is 11.1. The summed E-state index contributed by atoms with van der Waals surface area (Å²) in [6.07, 6.45) is 2.09. The molecule has 0 aliphatic carbocycles. The third-order valence-corrected chi connectivity index (χ3v) is 3.30. The Kier molecular flexibility index (Phi) is 3.88. The van der Waals surface area contributed by atoms with Gasteiger partial charge in [0.25, 0.3) is 0 Å². The summed E-state index contributed by atoms with van der Waals surface area (Å²) in [5.74, 6) is 2.30. The van der Waals surface area contributed by atoms with Gasteiger partial charge in [-0.05, 0) is 30.3 Å². The summed E-state index contributed by atoms with van der Waals surface area (Å²) in [5.41, 5.74) is 5.72. The Balaban J connectivity index is 2.39. The van der Waals surface area contributed by atoms with Gasteiger partial charge in [0.2, 0.25) is 0 Å². The maximum Gasteiger partial charge on any atom is 0.322 e. The van der Waals surface area contributed by atoms with E-state index in [9.17, 15) is 4.79 Å². The molecule has 0 spiro atoms. The largest absolute Gasteiger partial charge is 0.468 e. The molecule has 4 heteroatoms. The van der Waals surface area contributed by atoms with Crippen molar-refractivity contribution in [1.82, 2.24) is 0 Å². The summed E-state index contributed by atoms with van der Waals surface area (Å²) < 4.78 is 4.59. The van der Waals surface area contributed by atoms with E-state index >= 15 is 0 Å². The van der Waals surface area contributed by atoms with Crippen molar-refractivity contribution in [3.8, 4) is 0 Å². The Morgan fingerprint density at radius 2 is 2.17 bits per heavy atom. The topological polar surface area (TPSA) is 52.3 Å². The van der Waals surface area contributed by atoms with Crippen molar-refractivity contribution in [3.05, 3.63) is 0 Å². The first-order valence-corrected chi connectivity index (χ1v) is 5.32. The third kappa shape index (κ3) is 2.38. The van der Waals surface area contributed by atoms with E-state index < -0.39 is 6.04 Å². The standard InChI is InChI=1S/C8H15NO2S/c1-11-8(10)7(9)6-2-4-12-5-3-6/h6-7H,2-5,9H2,1H3. The average Bonchev–Trinajstić information content (AvgIpc) is 2.17. The maximum absolute atomic E-state index is 11.1. The van der Waals surface area contributed by atoms with Crippen LogP contribution in [0.2, 0.25) is 0 Å². The van der Waals surface area contributed by atoms with E-state index in [0.717, 1.165) is 24.3 Å². The van der Waals surface area contributed by atoms with Gasteiger partial charge < -0.3 is 10.5 Å². The van der Waals surface area contributed by atoms with Gasteiger partial charge in [0.1, 0.15) is 6.04 Å². The zero-order valence-corrected chi connectivity index (χ0v) is 8.10. The highest BCUT2D eigenvalue weighted by Crippen LogP contribution is 2.24. The van der Waals surface area contributed by atoms with Crippen molar-refractivity contribution in [1.29, 1.82) is 0 Å². The summed E-state index contributed by atoms with van der Waals surface area (Å²) in [5, 5.41) is 0. The maximum atomic E-state index is 11.1. The molecular weight excluding hydrogens is 174 g/mol. The van der Waals surface area contributed by atoms with Gasteiger partial charge >= 0.3 is 5.97 Å². The number of carbonyl (C=O) groups excluding carboxylic acids is 1. The molecule has 12 heavy (non-hydrogen) atoms. The van der Waals surface area contributed by atoms with Gasteiger partial charge in [-0.25, -0.2) is 0 Å². The van der Waals surface area contributed by atoms with Crippen LogP contribution in [-0.4, -0.2) is 30.6 Å². The molecular formula is C8H15NO2S. The number of hydrogen-bond acceptors (Lipinski definition) is 4. The number of methoxy groups -OCH3 is 1. The second-order valence-electron chi connectivity index (χ2n) is 3.00. The zero-order valence-electron chi connectivity index (χ0n) is 7.29. The zero-order chi connectivity index (χ0) is 8.97. The smallest absolute Gasteiger partial charge is 0.322 e. The van der Waals surface area contributed by atoms with Gasteiger partial charge in [-0.2, -0.15) is 11.8 Å². The molecule has 1 fully saturated rings. The Hall–Kier alpha value is -0.220. The summed E-state index contributed by atoms with van der Waals surface area (Å²) in [7, 11) is 1.39. The summed E-state index contributed by atoms with van der Waals surface area (Å²) in [6.45, 7) is 0. The minimum Gasteiger partial charge on any atom is -0.468 e. The molecule has 0 amide bonds. The molecule has 0 saturated carbocycles. The van der Waals surface area contributed by atoms with Gasteiger partial charge in [0.05, 0.1) is 7.11 Å². The van der Waals surface area contributed by atoms with E-state index in [2.05, 4.69) is 4.74 Å². The van der Waals surface area contributed by atoms with E-state index in [0.29, 0.717) is 5.92 Å². The molecule has 0 aromatic carbocycles. The van der Waals surface area contributed by atoms with Crippen LogP contribution in [0, 0.1) is 5.92 Å². The lowest BCUT2D eigenvalue weighted by Crippen LogP contribution is -2.40. The molecule has 1 rings (SSSR count). The Morgan fingerprint density at radius 1 is 1.58 bits per heavy atom. The lowest BCUT2D eigenvalue weighted by Gasteiger charge is -2.25. The number of nitrogens with two attached hydrogens (primary N) is 1. The van der Waals surface area contributed by atoms with Gasteiger partial charge in [0.15, 0.2) is 0 Å². The van der Waals surface area contributed by atoms with E-state index in [-0.39, 0.29) is 5.97 Å². The van der Waals surface area contributed by atoms with E-state index in [1.807, 2.05) is 11.8 Å². The first-order valence-electron chi connectivity index (χ1n) is 4.17. The van der Waals surface area contributed by atoms with Crippen LogP contribution in [0.5, 0.6) is 0 Å². The summed E-state index contributed by atoms with van der Waals surface area (Å²) >= 11 is 1.93. The SMILES string of the molecule is COC(=O)C(N)C1CCSCC1. The van der Waals surface area contributed by atoms with Gasteiger partial charge in [0, 0.05) is 0 Å². The van der Waals surface area contributed by atoms with Gasteiger partial charge in [-0.3, -0.25) is 4.79 Å². The van der Waals surface area contributed by atoms with Crippen molar-refractivity contribution < 1.29 is 9.53 Å². The van der Waals surface area contributed by atoms with Crippen LogP contribution >= 0.6 is 11.8 Å². The first-order chi connectivity index (χ1) is 5.75. The van der Waals surface area contributed by atoms with Crippen LogP contribution in [0.15, 0.2) is 0 Å². The molecule has 1 unspecified atom stereocenters. The molecule has 0 aromatic rings. The van der Waals surface area contributed by atoms with Crippen molar-refractivity contribution in [2.75, 3.05) is 18.6 Å². The second-order valence-corrected chi connectivity index (χ2v) is 4.22. The lowest BCUT2D eigenvalue weighted by molar-refractivity contribution is -0.143. The molecule has 0 bridgehead atoms. The van der Waals surface area contributed by atoms with E-state index in [1.54, 1.807) is 0 Å². The van der Waals surface area contributed by atoms with Gasteiger partial charge in [-0.15, -0.1) is 0 Å². The second kappa shape index (κ2) is 4.72. The quantitative estimate of drug-likeness (QED) is 0.647. The fraction of sp³-hybridized carbons (Fsp3) is 0.875. The number of rotatable bonds is 2. The van der Waals surface area contributed by atoms with Crippen LogP contribution in [0.4, 0.5) is 0 Å². The van der Waals surface area contributed by atoms with Gasteiger partial charge in [-0.1, -0.05) is 0 Å². The Bertz CT molecular complexity index is 157. The highest BCUT2D eigenvalue weighted by molar-refractivity contribution is 7.99. The fourth-order valence-electron chi connectivity index (χ4n) is 1.40. The molecule has 1 atom stereocenters. The van der Waals surface area contributed by atoms with Crippen molar-refractivity contribution >= 4 is 17.7 Å². The third-order valence-electron chi connectivity index (χ3n) is 2.25. The van der Waals surface area contributed by atoms with E-state index in [4.69, 9.17) is 5.73 Å².